The monoisotopic (exact) mass is 430 g/mol. The van der Waals surface area contributed by atoms with Gasteiger partial charge in [-0.2, -0.15) is 9.97 Å². The van der Waals surface area contributed by atoms with Crippen molar-refractivity contribution in [3.8, 4) is 5.95 Å². The minimum atomic E-state index is -0.472. The summed E-state index contributed by atoms with van der Waals surface area (Å²) < 4.78 is 15.5. The molecule has 7 nitrogen and oxygen atoms in total. The van der Waals surface area contributed by atoms with Crippen LogP contribution in [0.2, 0.25) is 0 Å². The summed E-state index contributed by atoms with van der Waals surface area (Å²) in [6.45, 7) is 3.24. The highest BCUT2D eigenvalue weighted by molar-refractivity contribution is 6.06. The van der Waals surface area contributed by atoms with Gasteiger partial charge in [-0.3, -0.25) is 9.36 Å². The first kappa shape index (κ1) is 20.0. The largest absolute Gasteiger partial charge is 0.366 e. The van der Waals surface area contributed by atoms with Crippen LogP contribution in [-0.2, 0) is 13.0 Å². The number of nitrogens with zero attached hydrogens (tertiary/aromatic N) is 4. The Labute approximate surface area is 184 Å². The Bertz CT molecular complexity index is 1360. The number of primary amides is 1. The van der Waals surface area contributed by atoms with Gasteiger partial charge in [0.2, 0.25) is 11.9 Å². The highest BCUT2D eigenvalue weighted by Crippen LogP contribution is 2.33. The zero-order chi connectivity index (χ0) is 22.4. The number of benzene rings is 2. The Balaban J connectivity index is 1.62. The van der Waals surface area contributed by atoms with Crippen molar-refractivity contribution >= 4 is 28.4 Å². The second-order valence-electron chi connectivity index (χ2n) is 8.05. The molecule has 0 bridgehead atoms. The average Bonchev–Trinajstić information content (AvgIpc) is 3.30. The molecule has 4 aromatic rings. The quantitative estimate of drug-likeness (QED) is 0.505. The van der Waals surface area contributed by atoms with Crippen LogP contribution in [0, 0.1) is 12.7 Å². The summed E-state index contributed by atoms with van der Waals surface area (Å²) in [5.74, 6) is 1.36. The number of fused-ring (bicyclic) bond motifs is 2. The van der Waals surface area contributed by atoms with Crippen molar-refractivity contribution in [1.82, 2.24) is 14.5 Å². The van der Waals surface area contributed by atoms with Crippen molar-refractivity contribution in [2.45, 2.75) is 19.9 Å². The molecule has 162 valence electrons. The molecule has 1 amide bonds. The van der Waals surface area contributed by atoms with Crippen molar-refractivity contribution in [3.05, 3.63) is 76.7 Å². The zero-order valence-electron chi connectivity index (χ0n) is 17.9. The van der Waals surface area contributed by atoms with Crippen molar-refractivity contribution in [2.24, 2.45) is 5.73 Å². The number of nitrogens with two attached hydrogens (primary N) is 1. The van der Waals surface area contributed by atoms with E-state index in [-0.39, 0.29) is 5.82 Å². The summed E-state index contributed by atoms with van der Waals surface area (Å²) in [6, 6.07) is 13.9. The van der Waals surface area contributed by atoms with E-state index in [0.717, 1.165) is 52.3 Å². The lowest BCUT2D eigenvalue weighted by molar-refractivity contribution is 0.100. The summed E-state index contributed by atoms with van der Waals surface area (Å²) >= 11 is 0. The molecule has 0 spiro atoms. The van der Waals surface area contributed by atoms with E-state index in [0.29, 0.717) is 18.1 Å². The van der Waals surface area contributed by atoms with Crippen LogP contribution in [0.15, 0.2) is 48.5 Å². The maximum atomic E-state index is 13.6. The molecule has 1 aliphatic rings. The Morgan fingerprint density at radius 2 is 2.00 bits per heavy atom. The van der Waals surface area contributed by atoms with Gasteiger partial charge in [-0.05, 0) is 49.2 Å². The molecule has 32 heavy (non-hydrogen) atoms. The van der Waals surface area contributed by atoms with E-state index >= 15 is 0 Å². The summed E-state index contributed by atoms with van der Waals surface area (Å²) in [7, 11) is 2.00. The molecule has 0 fully saturated rings. The third-order valence-electron chi connectivity index (χ3n) is 5.88. The number of rotatable bonds is 5. The molecule has 0 saturated heterocycles. The van der Waals surface area contributed by atoms with E-state index in [1.54, 1.807) is 18.2 Å². The van der Waals surface area contributed by atoms with Crippen LogP contribution in [0.5, 0.6) is 0 Å². The zero-order valence-corrected chi connectivity index (χ0v) is 17.9. The molecule has 2 aromatic carbocycles. The summed E-state index contributed by atoms with van der Waals surface area (Å²) in [4.78, 5) is 23.7. The van der Waals surface area contributed by atoms with Gasteiger partial charge in [-0.15, -0.1) is 0 Å². The molecule has 8 heteroatoms. The van der Waals surface area contributed by atoms with Gasteiger partial charge >= 0.3 is 0 Å². The molecule has 0 unspecified atom stereocenters. The molecule has 5 rings (SSSR count). The van der Waals surface area contributed by atoms with Crippen molar-refractivity contribution < 1.29 is 9.18 Å². The number of hydrogen-bond acceptors (Lipinski definition) is 5. The summed E-state index contributed by atoms with van der Waals surface area (Å²) in [5, 5.41) is 4.14. The Hall–Kier alpha value is -3.94. The smallest absolute Gasteiger partial charge is 0.249 e. The van der Waals surface area contributed by atoms with Crippen LogP contribution in [0.3, 0.4) is 0 Å². The van der Waals surface area contributed by atoms with E-state index < -0.39 is 5.91 Å². The second kappa shape index (κ2) is 7.64. The first-order valence-electron chi connectivity index (χ1n) is 10.4. The number of amides is 1. The number of carbonyl (C=O) groups excluding carboxylic acids is 1. The fraction of sp³-hybridized carbons (Fsp3) is 0.208. The molecule has 0 atom stereocenters. The number of anilines is 2. The number of aromatic nitrogens is 3. The van der Waals surface area contributed by atoms with E-state index in [2.05, 4.69) is 10.2 Å². The molecule has 0 saturated carbocycles. The minimum Gasteiger partial charge on any atom is -0.366 e. The predicted octanol–water partition coefficient (Wildman–Crippen LogP) is 3.57. The van der Waals surface area contributed by atoms with E-state index in [4.69, 9.17) is 15.7 Å². The van der Waals surface area contributed by atoms with Gasteiger partial charge < -0.3 is 16.0 Å². The second-order valence-corrected chi connectivity index (χ2v) is 8.05. The summed E-state index contributed by atoms with van der Waals surface area (Å²) in [5.41, 5.74) is 9.62. The van der Waals surface area contributed by atoms with E-state index in [1.807, 2.05) is 36.7 Å². The number of carbonyl (C=O) groups is 1. The number of nitrogens with one attached hydrogen (secondary N) is 1. The van der Waals surface area contributed by atoms with Crippen LogP contribution < -0.4 is 16.0 Å². The average molecular weight is 430 g/mol. The highest BCUT2D eigenvalue weighted by Gasteiger charge is 2.25. The summed E-state index contributed by atoms with van der Waals surface area (Å²) in [6.07, 6.45) is 0.828. The maximum Gasteiger partial charge on any atom is 0.249 e. The van der Waals surface area contributed by atoms with Crippen molar-refractivity contribution in [1.29, 1.82) is 0 Å². The maximum absolute atomic E-state index is 13.6. The molecular formula is C24H23FN6O. The van der Waals surface area contributed by atoms with Crippen LogP contribution in [0.1, 0.15) is 27.2 Å². The Kier molecular flexibility index (Phi) is 4.77. The topological polar surface area (TPSA) is 89.1 Å². The molecule has 3 N–H and O–H groups in total. The van der Waals surface area contributed by atoms with Gasteiger partial charge in [-0.25, -0.2) is 4.39 Å². The molecule has 0 radical (unpaired) electrons. The van der Waals surface area contributed by atoms with Gasteiger partial charge in [0.15, 0.2) is 0 Å². The van der Waals surface area contributed by atoms with Gasteiger partial charge in [0, 0.05) is 42.3 Å². The fourth-order valence-electron chi connectivity index (χ4n) is 4.31. The van der Waals surface area contributed by atoms with Crippen LogP contribution in [-0.4, -0.2) is 34.0 Å². The van der Waals surface area contributed by atoms with Crippen LogP contribution in [0.25, 0.3) is 16.9 Å². The van der Waals surface area contributed by atoms with Crippen LogP contribution in [0.4, 0.5) is 16.0 Å². The first-order valence-corrected chi connectivity index (χ1v) is 10.4. The number of likely N-dealkylation sites (N-methyl/N-ethyl adjacent to an activating group) is 1. The predicted molar refractivity (Wildman–Crippen MR) is 123 cm³/mol. The van der Waals surface area contributed by atoms with Gasteiger partial charge in [0.1, 0.15) is 17.5 Å². The Morgan fingerprint density at radius 1 is 1.19 bits per heavy atom. The number of hydrogen-bond donors (Lipinski definition) is 2. The number of aryl methyl sites for hydroxylation is 1. The highest BCUT2D eigenvalue weighted by atomic mass is 19.1. The van der Waals surface area contributed by atoms with Crippen LogP contribution >= 0.6 is 0 Å². The fourth-order valence-corrected chi connectivity index (χ4v) is 4.31. The standard InChI is InChI=1S/C24H23FN6O/c1-14-11-19-17(21(26)32)7-4-8-20(19)31(14)24-28-22(18-9-10-30(2)23(18)29-24)27-13-15-5-3-6-16(25)12-15/h3-8,11-12H,9-10,13H2,1-2H3,(H2,26,32)(H,27,28,29). The third kappa shape index (κ3) is 3.33. The molecular weight excluding hydrogens is 407 g/mol. The Morgan fingerprint density at radius 3 is 2.78 bits per heavy atom. The molecule has 1 aliphatic heterocycles. The number of halogens is 1. The molecule has 2 aromatic heterocycles. The lowest BCUT2D eigenvalue weighted by Crippen LogP contribution is -2.16. The van der Waals surface area contributed by atoms with E-state index in [9.17, 15) is 9.18 Å². The normalized spacial score (nSPS) is 12.9. The first-order chi connectivity index (χ1) is 15.4. The third-order valence-corrected chi connectivity index (χ3v) is 5.88. The van der Waals surface area contributed by atoms with Crippen molar-refractivity contribution in [2.75, 3.05) is 23.8 Å². The van der Waals surface area contributed by atoms with Crippen molar-refractivity contribution in [3.63, 3.8) is 0 Å². The lowest BCUT2D eigenvalue weighted by Gasteiger charge is -2.16. The molecule has 3 heterocycles. The van der Waals surface area contributed by atoms with Gasteiger partial charge in [0.25, 0.3) is 0 Å². The van der Waals surface area contributed by atoms with Gasteiger partial charge in [0.05, 0.1) is 5.52 Å². The van der Waals surface area contributed by atoms with E-state index in [1.165, 1.54) is 12.1 Å². The van der Waals surface area contributed by atoms with Gasteiger partial charge in [-0.1, -0.05) is 18.2 Å². The minimum absolute atomic E-state index is 0.266. The molecule has 0 aliphatic carbocycles. The SMILES string of the molecule is Cc1cc2c(C(N)=O)cccc2n1-c1nc(NCc2cccc(F)c2)c2c(n1)N(C)CC2. The lowest BCUT2D eigenvalue weighted by atomic mass is 10.1.